The molecule has 2 aromatic carbocycles. The Labute approximate surface area is 149 Å². The first-order chi connectivity index (χ1) is 11.9. The average molecular weight is 361 g/mol. The van der Waals surface area contributed by atoms with Crippen LogP contribution in [0.15, 0.2) is 53.4 Å². The zero-order valence-electron chi connectivity index (χ0n) is 14.7. The van der Waals surface area contributed by atoms with Crippen molar-refractivity contribution in [2.45, 2.75) is 44.0 Å². The van der Waals surface area contributed by atoms with Crippen LogP contribution in [0, 0.1) is 11.7 Å². The van der Waals surface area contributed by atoms with Crippen molar-refractivity contribution >= 4 is 10.0 Å². The van der Waals surface area contributed by atoms with E-state index in [4.69, 9.17) is 0 Å². The van der Waals surface area contributed by atoms with Gasteiger partial charge >= 0.3 is 0 Å². The third kappa shape index (κ3) is 3.93. The highest BCUT2D eigenvalue weighted by Crippen LogP contribution is 2.36. The Morgan fingerprint density at radius 2 is 1.88 bits per heavy atom. The number of hydrogen-bond donors (Lipinski definition) is 0. The van der Waals surface area contributed by atoms with Crippen molar-refractivity contribution in [2.24, 2.45) is 5.92 Å². The van der Waals surface area contributed by atoms with E-state index >= 15 is 0 Å². The Morgan fingerprint density at radius 1 is 1.16 bits per heavy atom. The molecule has 25 heavy (non-hydrogen) atoms. The van der Waals surface area contributed by atoms with Gasteiger partial charge in [-0.15, -0.1) is 0 Å². The molecule has 1 heterocycles. The van der Waals surface area contributed by atoms with Crippen molar-refractivity contribution in [2.75, 3.05) is 6.54 Å². The summed E-state index contributed by atoms with van der Waals surface area (Å²) in [5.41, 5.74) is 1.86. The lowest BCUT2D eigenvalue weighted by Crippen LogP contribution is -2.30. The largest absolute Gasteiger partial charge is 0.243 e. The summed E-state index contributed by atoms with van der Waals surface area (Å²) in [4.78, 5) is 0.309. The van der Waals surface area contributed by atoms with Crippen LogP contribution in [-0.2, 0) is 16.4 Å². The second kappa shape index (κ2) is 7.26. The molecule has 3 nitrogen and oxygen atoms in total. The highest BCUT2D eigenvalue weighted by atomic mass is 32.2. The van der Waals surface area contributed by atoms with E-state index in [2.05, 4.69) is 13.8 Å². The van der Waals surface area contributed by atoms with Crippen molar-refractivity contribution in [1.82, 2.24) is 4.31 Å². The Morgan fingerprint density at radius 3 is 2.52 bits per heavy atom. The number of nitrogens with zero attached hydrogens (tertiary/aromatic N) is 1. The van der Waals surface area contributed by atoms with Gasteiger partial charge in [-0.05, 0) is 60.6 Å². The fraction of sp³-hybridized carbons (Fsp3) is 0.400. The minimum absolute atomic E-state index is 0.295. The standard InChI is InChI=1S/C20H24FNO2S/c1-15(2)13-16-8-10-19(11-9-16)25(23,24)22-12-4-7-20(22)17-5-3-6-18(21)14-17/h3,5-6,8-11,14-15,20H,4,7,12-13H2,1-2H3/t20-/m1/s1. The van der Waals surface area contributed by atoms with Crippen LogP contribution < -0.4 is 0 Å². The first kappa shape index (κ1) is 18.1. The molecule has 2 aromatic rings. The molecule has 3 rings (SSSR count). The van der Waals surface area contributed by atoms with Crippen molar-refractivity contribution in [1.29, 1.82) is 0 Å². The molecule has 0 aromatic heterocycles. The van der Waals surface area contributed by atoms with Gasteiger partial charge in [0, 0.05) is 6.54 Å². The number of hydrogen-bond acceptors (Lipinski definition) is 2. The van der Waals surface area contributed by atoms with E-state index in [0.717, 1.165) is 24.0 Å². The molecule has 5 heteroatoms. The second-order valence-corrected chi connectivity index (χ2v) is 8.96. The molecule has 0 radical (unpaired) electrons. The van der Waals surface area contributed by atoms with Gasteiger partial charge in [-0.25, -0.2) is 12.8 Å². The first-order valence-electron chi connectivity index (χ1n) is 8.74. The predicted molar refractivity (Wildman–Crippen MR) is 97.3 cm³/mol. The van der Waals surface area contributed by atoms with Crippen molar-refractivity contribution in [3.05, 3.63) is 65.5 Å². The molecule has 1 aliphatic rings. The smallest absolute Gasteiger partial charge is 0.207 e. The topological polar surface area (TPSA) is 37.4 Å². The van der Waals surface area contributed by atoms with Crippen LogP contribution in [0.2, 0.25) is 0 Å². The number of sulfonamides is 1. The van der Waals surface area contributed by atoms with Crippen LogP contribution in [0.4, 0.5) is 4.39 Å². The zero-order valence-corrected chi connectivity index (χ0v) is 15.5. The van der Waals surface area contributed by atoms with Gasteiger partial charge in [0.1, 0.15) is 5.82 Å². The van der Waals surface area contributed by atoms with E-state index in [9.17, 15) is 12.8 Å². The SMILES string of the molecule is CC(C)Cc1ccc(S(=O)(=O)N2CCC[C@@H]2c2cccc(F)c2)cc1. The fourth-order valence-electron chi connectivity index (χ4n) is 3.48. The molecule has 0 saturated carbocycles. The number of benzene rings is 2. The maximum atomic E-state index is 13.5. The maximum absolute atomic E-state index is 13.5. The van der Waals surface area contributed by atoms with Gasteiger partial charge in [-0.1, -0.05) is 38.1 Å². The average Bonchev–Trinajstić information content (AvgIpc) is 3.05. The highest BCUT2D eigenvalue weighted by molar-refractivity contribution is 7.89. The van der Waals surface area contributed by atoms with E-state index in [-0.39, 0.29) is 11.9 Å². The predicted octanol–water partition coefficient (Wildman–Crippen LogP) is 4.55. The Kier molecular flexibility index (Phi) is 5.25. The van der Waals surface area contributed by atoms with Crippen LogP contribution >= 0.6 is 0 Å². The fourth-order valence-corrected chi connectivity index (χ4v) is 5.16. The summed E-state index contributed by atoms with van der Waals surface area (Å²) in [6.45, 7) is 4.74. The van der Waals surface area contributed by atoms with Gasteiger partial charge in [0.05, 0.1) is 10.9 Å². The minimum atomic E-state index is -3.58. The van der Waals surface area contributed by atoms with E-state index in [1.807, 2.05) is 12.1 Å². The molecule has 1 saturated heterocycles. The summed E-state index contributed by atoms with van der Waals surface area (Å²) in [6, 6.07) is 13.1. The van der Waals surface area contributed by atoms with Crippen LogP contribution in [0.5, 0.6) is 0 Å². The molecule has 0 amide bonds. The molecule has 0 spiro atoms. The lowest BCUT2D eigenvalue weighted by molar-refractivity contribution is 0.395. The summed E-state index contributed by atoms with van der Waals surface area (Å²) < 4.78 is 41.2. The summed E-state index contributed by atoms with van der Waals surface area (Å²) >= 11 is 0. The Bertz CT molecular complexity index is 831. The van der Waals surface area contributed by atoms with Gasteiger partial charge in [-0.2, -0.15) is 4.31 Å². The summed E-state index contributed by atoms with van der Waals surface area (Å²) in [6.07, 6.45) is 2.43. The molecule has 0 bridgehead atoms. The molecule has 134 valence electrons. The normalized spacial score (nSPS) is 18.8. The second-order valence-electron chi connectivity index (χ2n) is 7.07. The highest BCUT2D eigenvalue weighted by Gasteiger charge is 2.36. The quantitative estimate of drug-likeness (QED) is 0.783. The van der Waals surface area contributed by atoms with Crippen LogP contribution in [0.25, 0.3) is 0 Å². The van der Waals surface area contributed by atoms with Crippen LogP contribution in [0.3, 0.4) is 0 Å². The van der Waals surface area contributed by atoms with Gasteiger partial charge in [-0.3, -0.25) is 0 Å². The monoisotopic (exact) mass is 361 g/mol. The first-order valence-corrected chi connectivity index (χ1v) is 10.2. The van der Waals surface area contributed by atoms with E-state index in [0.29, 0.717) is 23.8 Å². The van der Waals surface area contributed by atoms with Crippen molar-refractivity contribution in [3.63, 3.8) is 0 Å². The van der Waals surface area contributed by atoms with E-state index < -0.39 is 10.0 Å². The zero-order chi connectivity index (χ0) is 18.0. The molecular formula is C20H24FNO2S. The molecule has 1 aliphatic heterocycles. The molecule has 0 unspecified atom stereocenters. The van der Waals surface area contributed by atoms with Gasteiger partial charge < -0.3 is 0 Å². The molecule has 0 N–H and O–H groups in total. The number of halogens is 1. The molecule has 1 atom stereocenters. The molecule has 1 fully saturated rings. The van der Waals surface area contributed by atoms with Gasteiger partial charge in [0.25, 0.3) is 0 Å². The third-order valence-corrected chi connectivity index (χ3v) is 6.53. The third-order valence-electron chi connectivity index (χ3n) is 4.61. The minimum Gasteiger partial charge on any atom is -0.207 e. The van der Waals surface area contributed by atoms with E-state index in [1.54, 1.807) is 24.3 Å². The van der Waals surface area contributed by atoms with Crippen LogP contribution in [-0.4, -0.2) is 19.3 Å². The van der Waals surface area contributed by atoms with Crippen molar-refractivity contribution < 1.29 is 12.8 Å². The summed E-state index contributed by atoms with van der Waals surface area (Å²) in [5.74, 6) is 0.193. The summed E-state index contributed by atoms with van der Waals surface area (Å²) in [7, 11) is -3.58. The van der Waals surface area contributed by atoms with Crippen molar-refractivity contribution in [3.8, 4) is 0 Å². The van der Waals surface area contributed by atoms with Gasteiger partial charge in [0.2, 0.25) is 10.0 Å². The van der Waals surface area contributed by atoms with E-state index in [1.165, 1.54) is 16.4 Å². The van der Waals surface area contributed by atoms with Gasteiger partial charge in [0.15, 0.2) is 0 Å². The molecule has 0 aliphatic carbocycles. The molecular weight excluding hydrogens is 337 g/mol. The Hall–Kier alpha value is -1.72. The summed E-state index contributed by atoms with van der Waals surface area (Å²) in [5, 5.41) is 0. The maximum Gasteiger partial charge on any atom is 0.243 e. The van der Waals surface area contributed by atoms with Crippen LogP contribution in [0.1, 0.15) is 43.9 Å². The number of rotatable bonds is 5. The lowest BCUT2D eigenvalue weighted by Gasteiger charge is -2.24. The lowest BCUT2D eigenvalue weighted by atomic mass is 10.0. The Balaban J connectivity index is 1.88.